The summed E-state index contributed by atoms with van der Waals surface area (Å²) in [5, 5.41) is 4.16. The summed E-state index contributed by atoms with van der Waals surface area (Å²) in [5.41, 5.74) is 2.34. The number of rotatable bonds is 6. The summed E-state index contributed by atoms with van der Waals surface area (Å²) in [6, 6.07) is 4.02. The van der Waals surface area contributed by atoms with Crippen LogP contribution < -0.4 is 0 Å². The lowest BCUT2D eigenvalue weighted by Gasteiger charge is -2.41. The quantitative estimate of drug-likeness (QED) is 0.808. The van der Waals surface area contributed by atoms with E-state index in [2.05, 4.69) is 39.9 Å². The molecule has 1 amide bonds. The molecule has 0 aliphatic heterocycles. The first-order valence-corrected chi connectivity index (χ1v) is 9.27. The molecule has 134 valence electrons. The van der Waals surface area contributed by atoms with Crippen molar-refractivity contribution in [2.75, 3.05) is 0 Å². The Kier molecular flexibility index (Phi) is 5.46. The van der Waals surface area contributed by atoms with E-state index >= 15 is 0 Å². The maximum Gasteiger partial charge on any atom is 0.248 e. The van der Waals surface area contributed by atoms with E-state index in [0.29, 0.717) is 0 Å². The number of aromatic nitrogens is 4. The highest BCUT2D eigenvalue weighted by Gasteiger charge is 2.36. The molecule has 0 spiro atoms. The van der Waals surface area contributed by atoms with Gasteiger partial charge in [-0.1, -0.05) is 19.9 Å². The number of aryl methyl sites for hydroxylation is 1. The van der Waals surface area contributed by atoms with Gasteiger partial charge in [-0.3, -0.25) is 9.78 Å². The van der Waals surface area contributed by atoms with Crippen molar-refractivity contribution in [2.24, 2.45) is 0 Å². The van der Waals surface area contributed by atoms with Crippen molar-refractivity contribution >= 4 is 5.91 Å². The van der Waals surface area contributed by atoms with Crippen molar-refractivity contribution in [3.05, 3.63) is 42.2 Å². The number of fused-ring (bicyclic) bond motifs is 1. The molecule has 0 radical (unpaired) electrons. The number of carbonyl (C=O) groups excluding carboxylic acids is 1. The van der Waals surface area contributed by atoms with Crippen LogP contribution in [-0.4, -0.2) is 36.6 Å². The molecule has 0 aromatic carbocycles. The van der Waals surface area contributed by atoms with Crippen LogP contribution in [0.1, 0.15) is 69.8 Å². The van der Waals surface area contributed by atoms with Crippen molar-refractivity contribution in [3.8, 4) is 0 Å². The summed E-state index contributed by atoms with van der Waals surface area (Å²) in [5.74, 6) is 0.0997. The SMILES string of the molecule is CCC(CC)N(C(=O)[C@@H](C)n1cncn1)[C@@H]1CCCc2cccnc21. The van der Waals surface area contributed by atoms with E-state index in [9.17, 15) is 4.79 Å². The van der Waals surface area contributed by atoms with Crippen molar-refractivity contribution in [2.45, 2.75) is 71.0 Å². The second-order valence-electron chi connectivity index (χ2n) is 6.72. The Morgan fingerprint density at radius 2 is 2.20 bits per heavy atom. The van der Waals surface area contributed by atoms with Gasteiger partial charge < -0.3 is 4.90 Å². The van der Waals surface area contributed by atoms with Gasteiger partial charge in [0.1, 0.15) is 18.7 Å². The summed E-state index contributed by atoms with van der Waals surface area (Å²) >= 11 is 0. The second-order valence-corrected chi connectivity index (χ2v) is 6.72. The van der Waals surface area contributed by atoms with Gasteiger partial charge in [-0.05, 0) is 50.7 Å². The number of pyridine rings is 1. The molecule has 2 aromatic rings. The van der Waals surface area contributed by atoms with Gasteiger partial charge in [-0.2, -0.15) is 5.10 Å². The third-order valence-electron chi connectivity index (χ3n) is 5.28. The molecule has 0 saturated heterocycles. The van der Waals surface area contributed by atoms with Crippen LogP contribution in [0.5, 0.6) is 0 Å². The zero-order valence-electron chi connectivity index (χ0n) is 15.3. The molecule has 6 heteroatoms. The number of nitrogens with zero attached hydrogens (tertiary/aromatic N) is 5. The standard InChI is InChI=1S/C19H27N5O/c1-4-16(5-2)24(19(25)14(3)23-13-20-12-22-23)17-10-6-8-15-9-7-11-21-18(15)17/h7,9,11-14,16-17H,4-6,8,10H2,1-3H3/t14-,17-/m1/s1. The van der Waals surface area contributed by atoms with Gasteiger partial charge in [0.05, 0.1) is 11.7 Å². The molecule has 0 bridgehead atoms. The van der Waals surface area contributed by atoms with E-state index in [0.717, 1.165) is 37.8 Å². The molecule has 6 nitrogen and oxygen atoms in total. The average molecular weight is 341 g/mol. The Bertz CT molecular complexity index is 696. The van der Waals surface area contributed by atoms with E-state index in [1.807, 2.05) is 19.2 Å². The van der Waals surface area contributed by atoms with E-state index in [1.54, 1.807) is 11.0 Å². The molecular formula is C19H27N5O. The van der Waals surface area contributed by atoms with E-state index in [-0.39, 0.29) is 24.0 Å². The molecule has 2 heterocycles. The predicted molar refractivity (Wildman–Crippen MR) is 95.9 cm³/mol. The summed E-state index contributed by atoms with van der Waals surface area (Å²) < 4.78 is 1.64. The monoisotopic (exact) mass is 341 g/mol. The molecule has 1 aliphatic rings. The Morgan fingerprint density at radius 3 is 2.88 bits per heavy atom. The van der Waals surface area contributed by atoms with Crippen molar-refractivity contribution in [1.82, 2.24) is 24.6 Å². The molecule has 0 saturated carbocycles. The van der Waals surface area contributed by atoms with Gasteiger partial charge in [0.2, 0.25) is 5.91 Å². The third kappa shape index (κ3) is 3.43. The highest BCUT2D eigenvalue weighted by molar-refractivity contribution is 5.80. The van der Waals surface area contributed by atoms with Crippen LogP contribution in [0.15, 0.2) is 31.0 Å². The summed E-state index contributed by atoms with van der Waals surface area (Å²) in [4.78, 5) is 24.1. The molecule has 0 fully saturated rings. The number of amides is 1. The minimum Gasteiger partial charge on any atom is -0.329 e. The maximum absolute atomic E-state index is 13.4. The third-order valence-corrected chi connectivity index (χ3v) is 5.28. The first-order valence-electron chi connectivity index (χ1n) is 9.27. The van der Waals surface area contributed by atoms with E-state index in [1.165, 1.54) is 11.9 Å². The molecular weight excluding hydrogens is 314 g/mol. The van der Waals surface area contributed by atoms with Crippen LogP contribution in [0.2, 0.25) is 0 Å². The fraction of sp³-hybridized carbons (Fsp3) is 0.579. The summed E-state index contributed by atoms with van der Waals surface area (Å²) in [6.07, 6.45) is 9.90. The number of hydrogen-bond acceptors (Lipinski definition) is 4. The lowest BCUT2D eigenvalue weighted by atomic mass is 9.89. The topological polar surface area (TPSA) is 63.9 Å². The van der Waals surface area contributed by atoms with Gasteiger partial charge in [-0.15, -0.1) is 0 Å². The highest BCUT2D eigenvalue weighted by Crippen LogP contribution is 2.36. The van der Waals surface area contributed by atoms with Gasteiger partial charge in [0, 0.05) is 12.2 Å². The lowest BCUT2D eigenvalue weighted by molar-refractivity contribution is -0.140. The normalized spacial score (nSPS) is 18.0. The van der Waals surface area contributed by atoms with Crippen molar-refractivity contribution in [3.63, 3.8) is 0 Å². The van der Waals surface area contributed by atoms with Crippen LogP contribution in [0.3, 0.4) is 0 Å². The minimum atomic E-state index is -0.364. The highest BCUT2D eigenvalue weighted by atomic mass is 16.2. The second kappa shape index (κ2) is 7.76. The summed E-state index contributed by atoms with van der Waals surface area (Å²) in [6.45, 7) is 6.20. The van der Waals surface area contributed by atoms with Gasteiger partial charge in [-0.25, -0.2) is 9.67 Å². The molecule has 3 rings (SSSR count). The van der Waals surface area contributed by atoms with Crippen LogP contribution in [-0.2, 0) is 11.2 Å². The van der Waals surface area contributed by atoms with Crippen LogP contribution in [0.25, 0.3) is 0 Å². The van der Waals surface area contributed by atoms with Gasteiger partial charge in [0.15, 0.2) is 0 Å². The Hall–Kier alpha value is -2.24. The predicted octanol–water partition coefficient (Wildman–Crippen LogP) is 3.33. The fourth-order valence-corrected chi connectivity index (χ4v) is 3.87. The summed E-state index contributed by atoms with van der Waals surface area (Å²) in [7, 11) is 0. The molecule has 2 aromatic heterocycles. The lowest BCUT2D eigenvalue weighted by Crippen LogP contribution is -2.46. The minimum absolute atomic E-state index is 0.0494. The Morgan fingerprint density at radius 1 is 1.40 bits per heavy atom. The molecule has 0 N–H and O–H groups in total. The van der Waals surface area contributed by atoms with Gasteiger partial charge in [0.25, 0.3) is 0 Å². The Balaban J connectivity index is 1.97. The van der Waals surface area contributed by atoms with E-state index < -0.39 is 0 Å². The number of hydrogen-bond donors (Lipinski definition) is 0. The maximum atomic E-state index is 13.4. The molecule has 2 atom stereocenters. The zero-order valence-corrected chi connectivity index (χ0v) is 15.3. The van der Waals surface area contributed by atoms with Crippen LogP contribution in [0.4, 0.5) is 0 Å². The van der Waals surface area contributed by atoms with Gasteiger partial charge >= 0.3 is 0 Å². The van der Waals surface area contributed by atoms with E-state index in [4.69, 9.17) is 0 Å². The molecule has 1 aliphatic carbocycles. The largest absolute Gasteiger partial charge is 0.329 e. The molecule has 0 unspecified atom stereocenters. The Labute approximate surface area is 149 Å². The van der Waals surface area contributed by atoms with Crippen LogP contribution >= 0.6 is 0 Å². The first kappa shape index (κ1) is 17.6. The average Bonchev–Trinajstić information content (AvgIpc) is 3.19. The number of carbonyl (C=O) groups is 1. The zero-order chi connectivity index (χ0) is 17.8. The smallest absolute Gasteiger partial charge is 0.248 e. The van der Waals surface area contributed by atoms with Crippen molar-refractivity contribution in [1.29, 1.82) is 0 Å². The first-order chi connectivity index (χ1) is 12.2. The molecule has 25 heavy (non-hydrogen) atoms. The van der Waals surface area contributed by atoms with Crippen LogP contribution in [0, 0.1) is 0 Å². The fourth-order valence-electron chi connectivity index (χ4n) is 3.87. The van der Waals surface area contributed by atoms with Crippen molar-refractivity contribution < 1.29 is 4.79 Å².